The van der Waals surface area contributed by atoms with Crippen molar-refractivity contribution in [2.75, 3.05) is 0 Å². The van der Waals surface area contributed by atoms with E-state index in [1.54, 1.807) is 0 Å². The first-order valence-electron chi connectivity index (χ1n) is 12.7. The molecule has 5 unspecified atom stereocenters. The van der Waals surface area contributed by atoms with Crippen LogP contribution < -0.4 is 4.74 Å². The normalized spacial score (nSPS) is 28.4. The molecule has 0 bridgehead atoms. The summed E-state index contributed by atoms with van der Waals surface area (Å²) in [7, 11) is 0. The van der Waals surface area contributed by atoms with Crippen LogP contribution in [0.15, 0.2) is 42.5 Å². The Hall–Kier alpha value is -3.02. The van der Waals surface area contributed by atoms with Gasteiger partial charge in [-0.1, -0.05) is 19.9 Å². The third-order valence-corrected chi connectivity index (χ3v) is 8.28. The molecule has 0 spiro atoms. The maximum Gasteiger partial charge on any atom is 0.308 e. The van der Waals surface area contributed by atoms with Crippen LogP contribution >= 0.6 is 0 Å². The fraction of sp³-hybridized carbons (Fsp3) is 0.517. The van der Waals surface area contributed by atoms with Crippen LogP contribution in [0.4, 0.5) is 0 Å². The summed E-state index contributed by atoms with van der Waals surface area (Å²) in [4.78, 5) is 22.2. The Kier molecular flexibility index (Phi) is 7.39. The molecule has 3 aliphatic carbocycles. The molecule has 0 amide bonds. The Bertz CT molecular complexity index is 1060. The van der Waals surface area contributed by atoms with Crippen LogP contribution in [-0.2, 0) is 20.7 Å². The number of benzene rings is 2. The molecule has 2 fully saturated rings. The van der Waals surface area contributed by atoms with Gasteiger partial charge in [0.1, 0.15) is 23.4 Å². The Morgan fingerprint density at radius 3 is 2.40 bits per heavy atom. The van der Waals surface area contributed by atoms with Gasteiger partial charge in [-0.3, -0.25) is 9.59 Å². The van der Waals surface area contributed by atoms with Gasteiger partial charge in [0.2, 0.25) is 0 Å². The van der Waals surface area contributed by atoms with Crippen molar-refractivity contribution in [1.82, 2.24) is 0 Å². The van der Waals surface area contributed by atoms with Crippen molar-refractivity contribution in [3.8, 4) is 17.2 Å². The van der Waals surface area contributed by atoms with Crippen molar-refractivity contribution in [3.63, 3.8) is 0 Å². The Morgan fingerprint density at radius 1 is 1.00 bits per heavy atom. The molecule has 6 nitrogen and oxygen atoms in total. The Morgan fingerprint density at radius 2 is 1.71 bits per heavy atom. The number of hydrogen-bond acceptors (Lipinski definition) is 6. The molecule has 35 heavy (non-hydrogen) atoms. The lowest BCUT2D eigenvalue weighted by atomic mass is 9.55. The summed E-state index contributed by atoms with van der Waals surface area (Å²) in [6, 6.07) is 11.9. The second-order valence-corrected chi connectivity index (χ2v) is 10.3. The van der Waals surface area contributed by atoms with Gasteiger partial charge < -0.3 is 19.7 Å². The molecule has 2 saturated carbocycles. The van der Waals surface area contributed by atoms with E-state index in [1.807, 2.05) is 19.1 Å². The standard InChI is InChI=1S/C21H28O3.C8H8O3/c1-3-20(23)24-19-9-8-18-17-6-4-13-12-14(22)5-7-15(13)16(17)10-11-21(18,19)2;1-6(9)11-8-4-2-7(10)3-5-8/h5,7,12,16-19,22H,3-4,6,8-11H2,1-2H3;2-5,10H,1H3. The molecular formula is C29H36O6. The van der Waals surface area contributed by atoms with E-state index in [1.165, 1.54) is 61.6 Å². The molecule has 2 aromatic rings. The molecule has 5 rings (SSSR count). The molecule has 6 heteroatoms. The summed E-state index contributed by atoms with van der Waals surface area (Å²) < 4.78 is 10.5. The lowest BCUT2D eigenvalue weighted by Crippen LogP contribution is -2.45. The quantitative estimate of drug-likeness (QED) is 0.420. The van der Waals surface area contributed by atoms with Gasteiger partial charge in [0.05, 0.1) is 0 Å². The lowest BCUT2D eigenvalue weighted by molar-refractivity contribution is -0.157. The predicted octanol–water partition coefficient (Wildman–Crippen LogP) is 5.89. The highest BCUT2D eigenvalue weighted by Crippen LogP contribution is 2.61. The molecular weight excluding hydrogens is 444 g/mol. The minimum atomic E-state index is -0.365. The minimum absolute atomic E-state index is 0.0477. The van der Waals surface area contributed by atoms with E-state index in [0.717, 1.165) is 19.3 Å². The second kappa shape index (κ2) is 10.3. The van der Waals surface area contributed by atoms with Gasteiger partial charge in [0, 0.05) is 18.8 Å². The minimum Gasteiger partial charge on any atom is -0.508 e. The van der Waals surface area contributed by atoms with Gasteiger partial charge in [-0.15, -0.1) is 0 Å². The molecule has 0 heterocycles. The van der Waals surface area contributed by atoms with Crippen molar-refractivity contribution in [3.05, 3.63) is 53.6 Å². The number of hydrogen-bond donors (Lipinski definition) is 2. The molecule has 0 aromatic heterocycles. The third-order valence-electron chi connectivity index (χ3n) is 8.28. The van der Waals surface area contributed by atoms with Gasteiger partial charge in [0.15, 0.2) is 0 Å². The van der Waals surface area contributed by atoms with Crippen LogP contribution in [0.25, 0.3) is 0 Å². The van der Waals surface area contributed by atoms with Gasteiger partial charge >= 0.3 is 11.9 Å². The molecule has 0 radical (unpaired) electrons. The molecule has 5 atom stereocenters. The average Bonchev–Trinajstić information content (AvgIpc) is 3.16. The highest BCUT2D eigenvalue weighted by molar-refractivity contribution is 5.69. The van der Waals surface area contributed by atoms with Crippen LogP contribution in [0.5, 0.6) is 17.2 Å². The average molecular weight is 481 g/mol. The largest absolute Gasteiger partial charge is 0.508 e. The van der Waals surface area contributed by atoms with Gasteiger partial charge in [-0.2, -0.15) is 0 Å². The number of phenolic OH excluding ortho intramolecular Hbond substituents is 2. The zero-order chi connectivity index (χ0) is 25.2. The highest BCUT2D eigenvalue weighted by atomic mass is 16.5. The van der Waals surface area contributed by atoms with Crippen LogP contribution in [-0.4, -0.2) is 28.3 Å². The molecule has 3 aliphatic rings. The van der Waals surface area contributed by atoms with Crippen molar-refractivity contribution in [2.24, 2.45) is 17.3 Å². The number of aromatic hydroxyl groups is 2. The smallest absolute Gasteiger partial charge is 0.308 e. The van der Waals surface area contributed by atoms with Crippen molar-refractivity contribution < 1.29 is 29.3 Å². The zero-order valence-corrected chi connectivity index (χ0v) is 20.8. The summed E-state index contributed by atoms with van der Waals surface area (Å²) in [6.45, 7) is 5.56. The Labute approximate surface area is 207 Å². The molecule has 2 aromatic carbocycles. The zero-order valence-electron chi connectivity index (χ0n) is 20.8. The van der Waals surface area contributed by atoms with Crippen molar-refractivity contribution in [1.29, 1.82) is 0 Å². The number of ether oxygens (including phenoxy) is 2. The van der Waals surface area contributed by atoms with E-state index in [0.29, 0.717) is 35.7 Å². The number of carbonyl (C=O) groups excluding carboxylic acids is 2. The first kappa shape index (κ1) is 25.1. The highest BCUT2D eigenvalue weighted by Gasteiger charge is 2.56. The number of aryl methyl sites for hydroxylation is 1. The van der Waals surface area contributed by atoms with E-state index < -0.39 is 0 Å². The summed E-state index contributed by atoms with van der Waals surface area (Å²) in [5.41, 5.74) is 2.95. The van der Waals surface area contributed by atoms with Crippen LogP contribution in [0.2, 0.25) is 0 Å². The van der Waals surface area contributed by atoms with Crippen molar-refractivity contribution >= 4 is 11.9 Å². The molecule has 0 aliphatic heterocycles. The Balaban J connectivity index is 0.000000221. The number of rotatable bonds is 3. The maximum atomic E-state index is 11.8. The maximum absolute atomic E-state index is 11.8. The summed E-state index contributed by atoms with van der Waals surface area (Å²) in [6.07, 6.45) is 7.38. The van der Waals surface area contributed by atoms with E-state index in [4.69, 9.17) is 14.6 Å². The SMILES string of the molecule is CC(=O)Oc1ccc(O)cc1.CCC(=O)OC1CCC2C3CCc4cc(O)ccc4C3CCC12C. The summed E-state index contributed by atoms with van der Waals surface area (Å²) in [5, 5.41) is 18.6. The van der Waals surface area contributed by atoms with Crippen molar-refractivity contribution in [2.45, 2.75) is 77.7 Å². The van der Waals surface area contributed by atoms with Gasteiger partial charge in [-0.25, -0.2) is 0 Å². The van der Waals surface area contributed by atoms with E-state index in [9.17, 15) is 14.7 Å². The van der Waals surface area contributed by atoms with Crippen LogP contribution in [0, 0.1) is 17.3 Å². The topological polar surface area (TPSA) is 93.1 Å². The fourth-order valence-corrected chi connectivity index (χ4v) is 6.64. The lowest BCUT2D eigenvalue weighted by Gasteiger charge is -2.50. The molecule has 188 valence electrons. The first-order valence-corrected chi connectivity index (χ1v) is 12.7. The number of carbonyl (C=O) groups is 2. The second-order valence-electron chi connectivity index (χ2n) is 10.3. The summed E-state index contributed by atoms with van der Waals surface area (Å²) in [5.74, 6) is 2.55. The van der Waals surface area contributed by atoms with E-state index in [2.05, 4.69) is 13.0 Å². The summed E-state index contributed by atoms with van der Waals surface area (Å²) >= 11 is 0. The fourth-order valence-electron chi connectivity index (χ4n) is 6.64. The van der Waals surface area contributed by atoms with Gasteiger partial charge in [-0.05, 0) is 104 Å². The van der Waals surface area contributed by atoms with Crippen LogP contribution in [0.3, 0.4) is 0 Å². The first-order chi connectivity index (χ1) is 16.7. The van der Waals surface area contributed by atoms with E-state index in [-0.39, 0.29) is 29.2 Å². The number of esters is 2. The van der Waals surface area contributed by atoms with Crippen LogP contribution in [0.1, 0.15) is 76.3 Å². The van der Waals surface area contributed by atoms with E-state index >= 15 is 0 Å². The molecule has 0 saturated heterocycles. The number of fused-ring (bicyclic) bond motifs is 5. The van der Waals surface area contributed by atoms with Gasteiger partial charge in [0.25, 0.3) is 0 Å². The third kappa shape index (κ3) is 5.31. The predicted molar refractivity (Wildman–Crippen MR) is 132 cm³/mol. The monoisotopic (exact) mass is 480 g/mol. The molecule has 2 N–H and O–H groups in total. The number of phenols is 2.